The first kappa shape index (κ1) is 15.3. The highest BCUT2D eigenvalue weighted by atomic mass is 79.9. The zero-order valence-electron chi connectivity index (χ0n) is 12.1. The summed E-state index contributed by atoms with van der Waals surface area (Å²) in [5.41, 5.74) is 2.78. The van der Waals surface area contributed by atoms with Gasteiger partial charge in [-0.3, -0.25) is 4.79 Å². The lowest BCUT2D eigenvalue weighted by atomic mass is 10.0. The number of ketones is 1. The van der Waals surface area contributed by atoms with E-state index in [9.17, 15) is 4.79 Å². The van der Waals surface area contributed by atoms with Crippen LogP contribution in [-0.4, -0.2) is 31.9 Å². The van der Waals surface area contributed by atoms with Crippen LogP contribution in [0.5, 0.6) is 5.75 Å². The maximum Gasteiger partial charge on any atom is 0.201 e. The van der Waals surface area contributed by atoms with Gasteiger partial charge in [-0.15, -0.1) is 0 Å². The number of hydrogen-bond acceptors (Lipinski definition) is 4. The van der Waals surface area contributed by atoms with Crippen molar-refractivity contribution in [3.8, 4) is 11.8 Å². The lowest BCUT2D eigenvalue weighted by Gasteiger charge is -2.07. The summed E-state index contributed by atoms with van der Waals surface area (Å²) < 4.78 is 6.11. The molecule has 0 saturated heterocycles. The van der Waals surface area contributed by atoms with E-state index in [1.807, 2.05) is 24.3 Å². The predicted octanol–water partition coefficient (Wildman–Crippen LogP) is 2.94. The van der Waals surface area contributed by atoms with Gasteiger partial charge >= 0.3 is 0 Å². The minimum absolute atomic E-state index is 0.144. The van der Waals surface area contributed by atoms with E-state index >= 15 is 0 Å². The first-order valence-corrected chi connectivity index (χ1v) is 7.15. The van der Waals surface area contributed by atoms with Crippen molar-refractivity contribution in [2.75, 3.05) is 21.2 Å². The van der Waals surface area contributed by atoms with Gasteiger partial charge < -0.3 is 9.64 Å². The third kappa shape index (κ3) is 3.17. The SMILES string of the molecule is COc1cc2c(cc1Br)CC(C(=O)C(C#N)=CN(C)C)=C2. The quantitative estimate of drug-likeness (QED) is 0.621. The number of carbonyl (C=O) groups excluding carboxylic acids is 1. The molecule has 0 atom stereocenters. The van der Waals surface area contributed by atoms with E-state index in [2.05, 4.69) is 15.9 Å². The fraction of sp³-hybridized carbons (Fsp3) is 0.250. The van der Waals surface area contributed by atoms with Crippen LogP contribution in [0.25, 0.3) is 6.08 Å². The molecule has 5 heteroatoms. The minimum atomic E-state index is -0.225. The number of methoxy groups -OCH3 is 1. The fourth-order valence-corrected chi connectivity index (χ4v) is 2.77. The van der Waals surface area contributed by atoms with Gasteiger partial charge in [0.2, 0.25) is 5.78 Å². The Hall–Kier alpha value is -2.06. The Balaban J connectivity index is 2.33. The molecule has 1 aliphatic carbocycles. The van der Waals surface area contributed by atoms with E-state index in [1.165, 1.54) is 0 Å². The predicted molar refractivity (Wildman–Crippen MR) is 84.8 cm³/mol. The number of fused-ring (bicyclic) bond motifs is 1. The molecule has 0 fully saturated rings. The average Bonchev–Trinajstić information content (AvgIpc) is 2.85. The van der Waals surface area contributed by atoms with Crippen LogP contribution in [0.4, 0.5) is 0 Å². The van der Waals surface area contributed by atoms with Crippen LogP contribution < -0.4 is 4.74 Å². The third-order valence-corrected chi connectivity index (χ3v) is 3.79. The molecule has 0 radical (unpaired) electrons. The zero-order chi connectivity index (χ0) is 15.6. The lowest BCUT2D eigenvalue weighted by Crippen LogP contribution is -2.10. The molecule has 1 aromatic carbocycles. The minimum Gasteiger partial charge on any atom is -0.496 e. The number of carbonyl (C=O) groups is 1. The lowest BCUT2D eigenvalue weighted by molar-refractivity contribution is -0.111. The van der Waals surface area contributed by atoms with E-state index in [0.717, 1.165) is 21.3 Å². The maximum absolute atomic E-state index is 12.4. The topological polar surface area (TPSA) is 53.3 Å². The highest BCUT2D eigenvalue weighted by Gasteiger charge is 2.23. The van der Waals surface area contributed by atoms with Gasteiger partial charge in [-0.05, 0) is 45.3 Å². The van der Waals surface area contributed by atoms with Crippen LogP contribution in [0.1, 0.15) is 11.1 Å². The largest absolute Gasteiger partial charge is 0.496 e. The highest BCUT2D eigenvalue weighted by molar-refractivity contribution is 9.10. The van der Waals surface area contributed by atoms with Crippen molar-refractivity contribution in [1.29, 1.82) is 5.26 Å². The van der Waals surface area contributed by atoms with Crippen LogP contribution in [0.3, 0.4) is 0 Å². The molecule has 0 heterocycles. The number of hydrogen-bond donors (Lipinski definition) is 0. The Bertz CT molecular complexity index is 697. The molecule has 1 aromatic rings. The average molecular weight is 347 g/mol. The maximum atomic E-state index is 12.4. The molecule has 0 amide bonds. The molecule has 0 aromatic heterocycles. The molecule has 0 N–H and O–H groups in total. The van der Waals surface area contributed by atoms with E-state index in [0.29, 0.717) is 12.0 Å². The van der Waals surface area contributed by atoms with Gasteiger partial charge in [-0.25, -0.2) is 0 Å². The Labute approximate surface area is 132 Å². The van der Waals surface area contributed by atoms with Crippen molar-refractivity contribution in [3.05, 3.63) is 45.1 Å². The van der Waals surface area contributed by atoms with Crippen LogP contribution >= 0.6 is 15.9 Å². The van der Waals surface area contributed by atoms with Crippen molar-refractivity contribution in [2.45, 2.75) is 6.42 Å². The van der Waals surface area contributed by atoms with E-state index in [1.54, 1.807) is 32.3 Å². The van der Waals surface area contributed by atoms with Crippen molar-refractivity contribution >= 4 is 27.8 Å². The summed E-state index contributed by atoms with van der Waals surface area (Å²) in [5.74, 6) is 0.500. The molecule has 0 unspecified atom stereocenters. The van der Waals surface area contributed by atoms with Crippen LogP contribution in [-0.2, 0) is 11.2 Å². The standard InChI is InChI=1S/C16H15BrN2O2/c1-19(2)9-13(8-18)16(20)12-4-10-6-14(17)15(21-3)7-11(10)5-12/h5-7,9H,4H2,1-3H3. The second-order valence-corrected chi connectivity index (χ2v) is 5.83. The normalized spacial score (nSPS) is 13.3. The van der Waals surface area contributed by atoms with Crippen LogP contribution in [0, 0.1) is 11.3 Å². The Morgan fingerprint density at radius 1 is 1.48 bits per heavy atom. The molecular weight excluding hydrogens is 332 g/mol. The first-order chi connectivity index (χ1) is 9.96. The van der Waals surface area contributed by atoms with Gasteiger partial charge in [0.05, 0.1) is 11.6 Å². The van der Waals surface area contributed by atoms with Crippen molar-refractivity contribution in [1.82, 2.24) is 4.90 Å². The second-order valence-electron chi connectivity index (χ2n) is 4.98. The Morgan fingerprint density at radius 3 is 2.76 bits per heavy atom. The third-order valence-electron chi connectivity index (χ3n) is 3.17. The molecule has 0 spiro atoms. The molecule has 1 aliphatic rings. The Kier molecular flexibility index (Phi) is 4.49. The monoisotopic (exact) mass is 346 g/mol. The summed E-state index contributed by atoms with van der Waals surface area (Å²) in [5, 5.41) is 9.13. The molecule has 2 rings (SSSR count). The number of allylic oxidation sites excluding steroid dienone is 2. The molecule has 0 bridgehead atoms. The summed E-state index contributed by atoms with van der Waals surface area (Å²) in [4.78, 5) is 14.1. The number of halogens is 1. The zero-order valence-corrected chi connectivity index (χ0v) is 13.7. The molecule has 4 nitrogen and oxygen atoms in total. The summed E-state index contributed by atoms with van der Waals surface area (Å²) in [7, 11) is 5.17. The number of nitrogens with zero attached hydrogens (tertiary/aromatic N) is 2. The smallest absolute Gasteiger partial charge is 0.201 e. The molecule has 21 heavy (non-hydrogen) atoms. The van der Waals surface area contributed by atoms with E-state index in [4.69, 9.17) is 10.00 Å². The second kappa shape index (κ2) is 6.15. The summed E-state index contributed by atoms with van der Waals surface area (Å²) in [6.07, 6.45) is 3.90. The van der Waals surface area contributed by atoms with Gasteiger partial charge in [0, 0.05) is 32.3 Å². The molecule has 0 aliphatic heterocycles. The Morgan fingerprint density at radius 2 is 2.19 bits per heavy atom. The van der Waals surface area contributed by atoms with Crippen molar-refractivity contribution in [2.24, 2.45) is 0 Å². The molecule has 108 valence electrons. The van der Waals surface area contributed by atoms with Gasteiger partial charge in [-0.2, -0.15) is 5.26 Å². The molecule has 0 saturated carbocycles. The van der Waals surface area contributed by atoms with E-state index < -0.39 is 0 Å². The van der Waals surface area contributed by atoms with E-state index in [-0.39, 0.29) is 11.4 Å². The van der Waals surface area contributed by atoms with Gasteiger partial charge in [-0.1, -0.05) is 0 Å². The van der Waals surface area contributed by atoms with Crippen molar-refractivity contribution in [3.63, 3.8) is 0 Å². The number of benzene rings is 1. The van der Waals surface area contributed by atoms with Crippen LogP contribution in [0.2, 0.25) is 0 Å². The van der Waals surface area contributed by atoms with Crippen LogP contribution in [0.15, 0.2) is 34.0 Å². The van der Waals surface area contributed by atoms with Gasteiger partial charge in [0.25, 0.3) is 0 Å². The number of nitriles is 1. The number of ether oxygens (including phenoxy) is 1. The summed E-state index contributed by atoms with van der Waals surface area (Å²) >= 11 is 3.44. The first-order valence-electron chi connectivity index (χ1n) is 6.36. The highest BCUT2D eigenvalue weighted by Crippen LogP contribution is 2.35. The van der Waals surface area contributed by atoms with Gasteiger partial charge in [0.1, 0.15) is 17.4 Å². The number of rotatable bonds is 4. The fourth-order valence-electron chi connectivity index (χ4n) is 2.21. The summed E-state index contributed by atoms with van der Waals surface area (Å²) in [6.45, 7) is 0. The molecular formula is C16H15BrN2O2. The van der Waals surface area contributed by atoms with Gasteiger partial charge in [0.15, 0.2) is 0 Å². The van der Waals surface area contributed by atoms with Crippen molar-refractivity contribution < 1.29 is 9.53 Å². The summed E-state index contributed by atoms with van der Waals surface area (Å²) in [6, 6.07) is 5.81. The number of Topliss-reactive ketones (excluding diaryl/α,β-unsaturated/α-hetero) is 1.